The summed E-state index contributed by atoms with van der Waals surface area (Å²) in [5, 5.41) is 2.89. The van der Waals surface area contributed by atoms with Crippen LogP contribution in [0.1, 0.15) is 13.8 Å². The standard InChI is InChI=1S/C22H18BrN3O3/c1-22(2,29-17-6-4-3-5-7-17)21(27)25-16-8-9-19-18(11-16)26-20(28-19)14-10-15(23)13-24-12-14/h3-13H,1-2H3,(H,25,27). The lowest BCUT2D eigenvalue weighted by molar-refractivity contribution is -0.128. The first kappa shape index (κ1) is 19.1. The Morgan fingerprint density at radius 2 is 1.90 bits per heavy atom. The maximum absolute atomic E-state index is 12.7. The van der Waals surface area contributed by atoms with Gasteiger partial charge in [0.25, 0.3) is 5.91 Å². The molecule has 2 heterocycles. The second-order valence-electron chi connectivity index (χ2n) is 6.97. The van der Waals surface area contributed by atoms with Crippen LogP contribution in [0.25, 0.3) is 22.6 Å². The molecule has 2 aromatic carbocycles. The van der Waals surface area contributed by atoms with Crippen LogP contribution in [0.3, 0.4) is 0 Å². The van der Waals surface area contributed by atoms with Gasteiger partial charge in [0.05, 0.1) is 5.56 Å². The van der Waals surface area contributed by atoms with Crippen molar-refractivity contribution in [3.63, 3.8) is 0 Å². The summed E-state index contributed by atoms with van der Waals surface area (Å²) in [5.74, 6) is 0.831. The van der Waals surface area contributed by atoms with Gasteiger partial charge in [0.1, 0.15) is 11.3 Å². The molecule has 0 aliphatic carbocycles. The van der Waals surface area contributed by atoms with E-state index in [1.54, 1.807) is 44.4 Å². The highest BCUT2D eigenvalue weighted by Crippen LogP contribution is 2.28. The zero-order valence-electron chi connectivity index (χ0n) is 15.8. The van der Waals surface area contributed by atoms with E-state index >= 15 is 0 Å². The number of aromatic nitrogens is 2. The molecule has 0 fully saturated rings. The highest BCUT2D eigenvalue weighted by molar-refractivity contribution is 9.10. The first-order valence-electron chi connectivity index (χ1n) is 8.98. The van der Waals surface area contributed by atoms with Crippen molar-refractivity contribution in [2.75, 3.05) is 5.32 Å². The van der Waals surface area contributed by atoms with Gasteiger partial charge in [-0.3, -0.25) is 9.78 Å². The molecule has 6 nitrogen and oxygen atoms in total. The largest absolute Gasteiger partial charge is 0.478 e. The van der Waals surface area contributed by atoms with Crippen molar-refractivity contribution in [3.8, 4) is 17.2 Å². The molecule has 0 aliphatic rings. The van der Waals surface area contributed by atoms with E-state index in [9.17, 15) is 4.79 Å². The maximum atomic E-state index is 12.7. The van der Waals surface area contributed by atoms with E-state index < -0.39 is 5.60 Å². The number of nitrogens with zero attached hydrogens (tertiary/aromatic N) is 2. The van der Waals surface area contributed by atoms with Crippen LogP contribution in [0.15, 0.2) is 75.9 Å². The van der Waals surface area contributed by atoms with Crippen LogP contribution in [0.5, 0.6) is 5.75 Å². The van der Waals surface area contributed by atoms with Gasteiger partial charge in [-0.25, -0.2) is 4.98 Å². The van der Waals surface area contributed by atoms with E-state index in [0.29, 0.717) is 28.4 Å². The number of pyridine rings is 1. The number of fused-ring (bicyclic) bond motifs is 1. The first-order valence-corrected chi connectivity index (χ1v) is 9.77. The predicted molar refractivity (Wildman–Crippen MR) is 115 cm³/mol. The summed E-state index contributed by atoms with van der Waals surface area (Å²) in [7, 11) is 0. The molecule has 0 bridgehead atoms. The molecule has 0 unspecified atom stereocenters. The molecule has 4 aromatic rings. The van der Waals surface area contributed by atoms with Crippen molar-refractivity contribution in [1.29, 1.82) is 0 Å². The minimum absolute atomic E-state index is 0.263. The van der Waals surface area contributed by atoms with Crippen LogP contribution < -0.4 is 10.1 Å². The third kappa shape index (κ3) is 4.30. The Labute approximate surface area is 176 Å². The number of benzene rings is 2. The van der Waals surface area contributed by atoms with E-state index in [2.05, 4.69) is 31.2 Å². The number of hydrogen-bond acceptors (Lipinski definition) is 5. The first-order chi connectivity index (χ1) is 13.9. The summed E-state index contributed by atoms with van der Waals surface area (Å²) >= 11 is 3.39. The van der Waals surface area contributed by atoms with E-state index in [0.717, 1.165) is 10.0 Å². The van der Waals surface area contributed by atoms with Crippen molar-refractivity contribution in [1.82, 2.24) is 9.97 Å². The van der Waals surface area contributed by atoms with Crippen LogP contribution in [-0.2, 0) is 4.79 Å². The molecule has 7 heteroatoms. The number of nitrogens with one attached hydrogen (secondary N) is 1. The van der Waals surface area contributed by atoms with Crippen LogP contribution in [-0.4, -0.2) is 21.5 Å². The third-order valence-corrected chi connectivity index (χ3v) is 4.69. The van der Waals surface area contributed by atoms with Gasteiger partial charge in [0, 0.05) is 22.6 Å². The van der Waals surface area contributed by atoms with E-state index in [-0.39, 0.29) is 5.91 Å². The second kappa shape index (κ2) is 7.67. The smallest absolute Gasteiger partial charge is 0.267 e. The molecular weight excluding hydrogens is 434 g/mol. The quantitative estimate of drug-likeness (QED) is 0.436. The minimum Gasteiger partial charge on any atom is -0.478 e. The average molecular weight is 452 g/mol. The Hall–Kier alpha value is -3.19. The van der Waals surface area contributed by atoms with Crippen molar-refractivity contribution < 1.29 is 13.9 Å². The van der Waals surface area contributed by atoms with Crippen LogP contribution in [0.4, 0.5) is 5.69 Å². The predicted octanol–water partition coefficient (Wildman–Crippen LogP) is 5.45. The van der Waals surface area contributed by atoms with Gasteiger partial charge in [-0.15, -0.1) is 0 Å². The number of carbonyl (C=O) groups excluding carboxylic acids is 1. The topological polar surface area (TPSA) is 77.2 Å². The fourth-order valence-corrected chi connectivity index (χ4v) is 3.13. The highest BCUT2D eigenvalue weighted by atomic mass is 79.9. The monoisotopic (exact) mass is 451 g/mol. The van der Waals surface area contributed by atoms with Crippen molar-refractivity contribution in [2.24, 2.45) is 0 Å². The molecule has 0 radical (unpaired) electrons. The van der Waals surface area contributed by atoms with Crippen LogP contribution in [0, 0.1) is 0 Å². The van der Waals surface area contributed by atoms with Crippen molar-refractivity contribution in [3.05, 3.63) is 71.5 Å². The molecule has 1 N–H and O–H groups in total. The molecule has 4 rings (SSSR count). The molecule has 0 aliphatic heterocycles. The molecule has 0 saturated heterocycles. The minimum atomic E-state index is -1.05. The molecule has 0 spiro atoms. The zero-order valence-corrected chi connectivity index (χ0v) is 17.4. The van der Waals surface area contributed by atoms with Gasteiger partial charge >= 0.3 is 0 Å². The number of rotatable bonds is 5. The van der Waals surface area contributed by atoms with Crippen LogP contribution >= 0.6 is 15.9 Å². The number of oxazole rings is 1. The summed E-state index contributed by atoms with van der Waals surface area (Å²) < 4.78 is 12.5. The molecule has 0 atom stereocenters. The summed E-state index contributed by atoms with van der Waals surface area (Å²) in [5.41, 5.74) is 1.59. The molecule has 2 aromatic heterocycles. The SMILES string of the molecule is CC(C)(Oc1ccccc1)C(=O)Nc1ccc2oc(-c3cncc(Br)c3)nc2c1. The highest BCUT2D eigenvalue weighted by Gasteiger charge is 2.30. The van der Waals surface area contributed by atoms with Gasteiger partial charge in [-0.05, 0) is 66.2 Å². The number of hydrogen-bond donors (Lipinski definition) is 1. The molecular formula is C22H18BrN3O3. The normalized spacial score (nSPS) is 11.4. The molecule has 0 saturated carbocycles. The number of para-hydroxylation sites is 1. The molecule has 146 valence electrons. The maximum Gasteiger partial charge on any atom is 0.267 e. The summed E-state index contributed by atoms with van der Waals surface area (Å²) in [6.07, 6.45) is 3.38. The Morgan fingerprint density at radius 1 is 1.10 bits per heavy atom. The Bertz CT molecular complexity index is 1170. The lowest BCUT2D eigenvalue weighted by Crippen LogP contribution is -2.42. The van der Waals surface area contributed by atoms with Crippen molar-refractivity contribution >= 4 is 38.6 Å². The second-order valence-corrected chi connectivity index (χ2v) is 7.89. The lowest BCUT2D eigenvalue weighted by Gasteiger charge is -2.25. The molecule has 1 amide bonds. The summed E-state index contributed by atoms with van der Waals surface area (Å²) in [4.78, 5) is 21.4. The van der Waals surface area contributed by atoms with Crippen LogP contribution in [0.2, 0.25) is 0 Å². The van der Waals surface area contributed by atoms with E-state index in [1.807, 2.05) is 36.4 Å². The zero-order chi connectivity index (χ0) is 20.4. The third-order valence-electron chi connectivity index (χ3n) is 4.26. The van der Waals surface area contributed by atoms with Gasteiger partial charge in [-0.2, -0.15) is 0 Å². The number of amides is 1. The fourth-order valence-electron chi connectivity index (χ4n) is 2.77. The fraction of sp³-hybridized carbons (Fsp3) is 0.136. The number of ether oxygens (including phenoxy) is 1. The van der Waals surface area contributed by atoms with Crippen molar-refractivity contribution in [2.45, 2.75) is 19.4 Å². The van der Waals surface area contributed by atoms with Gasteiger partial charge in [-0.1, -0.05) is 18.2 Å². The summed E-state index contributed by atoms with van der Waals surface area (Å²) in [6.45, 7) is 3.45. The van der Waals surface area contributed by atoms with Gasteiger partial charge in [0.2, 0.25) is 5.89 Å². The van der Waals surface area contributed by atoms with E-state index in [1.165, 1.54) is 0 Å². The Balaban J connectivity index is 1.54. The number of halogens is 1. The Morgan fingerprint density at radius 3 is 2.66 bits per heavy atom. The lowest BCUT2D eigenvalue weighted by atomic mass is 10.1. The average Bonchev–Trinajstić information content (AvgIpc) is 3.12. The Kier molecular flexibility index (Phi) is 5.07. The van der Waals surface area contributed by atoms with Gasteiger partial charge in [0.15, 0.2) is 11.2 Å². The molecule has 29 heavy (non-hydrogen) atoms. The van der Waals surface area contributed by atoms with E-state index in [4.69, 9.17) is 9.15 Å². The summed E-state index contributed by atoms with van der Waals surface area (Å²) in [6, 6.07) is 16.4. The number of anilines is 1. The number of carbonyl (C=O) groups is 1. The van der Waals surface area contributed by atoms with Gasteiger partial charge < -0.3 is 14.5 Å².